The van der Waals surface area contributed by atoms with Crippen LogP contribution in [0.2, 0.25) is 0 Å². The van der Waals surface area contributed by atoms with Crippen LogP contribution in [-0.4, -0.2) is 31.3 Å². The van der Waals surface area contributed by atoms with Crippen molar-refractivity contribution in [2.45, 2.75) is 63.8 Å². The summed E-state index contributed by atoms with van der Waals surface area (Å²) in [5, 5.41) is 0. The van der Waals surface area contributed by atoms with Gasteiger partial charge in [-0.1, -0.05) is 0 Å². The van der Waals surface area contributed by atoms with Gasteiger partial charge in [-0.25, -0.2) is 0 Å². The van der Waals surface area contributed by atoms with Gasteiger partial charge in [-0.15, -0.1) is 0 Å². The molecule has 2 N–H and O–H groups in total. The van der Waals surface area contributed by atoms with E-state index in [2.05, 4.69) is 0 Å². The summed E-state index contributed by atoms with van der Waals surface area (Å²) < 4.78 is 17.1. The Labute approximate surface area is 108 Å². The average Bonchev–Trinajstić information content (AvgIpc) is 3.02. The number of hydrogen-bond acceptors (Lipinski definition) is 4. The van der Waals surface area contributed by atoms with Crippen molar-refractivity contribution in [3.63, 3.8) is 0 Å². The van der Waals surface area contributed by atoms with E-state index in [0.29, 0.717) is 18.1 Å². The summed E-state index contributed by atoms with van der Waals surface area (Å²) in [6, 6.07) is 0.375. The van der Waals surface area contributed by atoms with Crippen molar-refractivity contribution in [2.24, 2.45) is 23.0 Å². The van der Waals surface area contributed by atoms with Crippen LogP contribution in [0.4, 0.5) is 0 Å². The lowest BCUT2D eigenvalue weighted by Crippen LogP contribution is -2.45. The SMILES string of the molecule is CCOC1O[C@H]2CC3(C[C@@H]2O1)[C@H]1CC[C@H](C1)[C@@H]3N. The first-order valence-corrected chi connectivity index (χ1v) is 7.41. The molecule has 4 nitrogen and oxygen atoms in total. The lowest BCUT2D eigenvalue weighted by Gasteiger charge is -2.40. The van der Waals surface area contributed by atoms with Gasteiger partial charge in [-0.2, -0.15) is 0 Å². The van der Waals surface area contributed by atoms with E-state index in [-0.39, 0.29) is 12.2 Å². The zero-order valence-electron chi connectivity index (χ0n) is 11.0. The van der Waals surface area contributed by atoms with Crippen LogP contribution in [0, 0.1) is 17.3 Å². The van der Waals surface area contributed by atoms with Gasteiger partial charge in [0.2, 0.25) is 0 Å². The van der Waals surface area contributed by atoms with Gasteiger partial charge in [0.05, 0.1) is 12.2 Å². The highest BCUT2D eigenvalue weighted by atomic mass is 16.9. The third-order valence-electron chi connectivity index (χ3n) is 5.91. The standard InChI is InChI=1S/C14H23NO3/c1-2-16-13-17-10-6-14(7-11(10)18-13)9-4-3-8(5-9)12(14)15/h8-13H,2-7,15H2,1H3/t8-,9+,10+,11+,12+,13?,14?/m1/s1. The van der Waals surface area contributed by atoms with Crippen LogP contribution in [-0.2, 0) is 14.2 Å². The molecule has 1 saturated heterocycles. The maximum Gasteiger partial charge on any atom is 0.272 e. The summed E-state index contributed by atoms with van der Waals surface area (Å²) in [6.45, 7) is 2.17. The Morgan fingerprint density at radius 1 is 1.22 bits per heavy atom. The Kier molecular flexibility index (Phi) is 2.54. The fourth-order valence-electron chi connectivity index (χ4n) is 5.11. The smallest absolute Gasteiger partial charge is 0.272 e. The molecule has 0 radical (unpaired) electrons. The summed E-state index contributed by atoms with van der Waals surface area (Å²) in [5.41, 5.74) is 6.83. The average molecular weight is 253 g/mol. The summed E-state index contributed by atoms with van der Waals surface area (Å²) >= 11 is 0. The second-order valence-electron chi connectivity index (χ2n) is 6.53. The molecule has 1 spiro atoms. The number of fused-ring (bicyclic) bond motifs is 4. The van der Waals surface area contributed by atoms with Crippen LogP contribution in [0.5, 0.6) is 0 Å². The Bertz CT molecular complexity index is 330. The molecule has 18 heavy (non-hydrogen) atoms. The summed E-state index contributed by atoms with van der Waals surface area (Å²) in [5.74, 6) is 1.58. The first kappa shape index (κ1) is 11.6. The highest BCUT2D eigenvalue weighted by molar-refractivity contribution is 5.14. The fourth-order valence-corrected chi connectivity index (χ4v) is 5.11. The van der Waals surface area contributed by atoms with E-state index >= 15 is 0 Å². The molecule has 0 aromatic heterocycles. The maximum atomic E-state index is 6.51. The van der Waals surface area contributed by atoms with Gasteiger partial charge in [-0.3, -0.25) is 0 Å². The highest BCUT2D eigenvalue weighted by Crippen LogP contribution is 2.63. The largest absolute Gasteiger partial charge is 0.330 e. The van der Waals surface area contributed by atoms with E-state index in [0.717, 1.165) is 24.7 Å². The Hall–Kier alpha value is -0.160. The van der Waals surface area contributed by atoms with Crippen LogP contribution < -0.4 is 5.73 Å². The van der Waals surface area contributed by atoms with Gasteiger partial charge >= 0.3 is 0 Å². The first-order chi connectivity index (χ1) is 8.73. The van der Waals surface area contributed by atoms with E-state index in [1.807, 2.05) is 6.92 Å². The van der Waals surface area contributed by atoms with Gasteiger partial charge in [0.25, 0.3) is 6.48 Å². The molecule has 4 rings (SSSR count). The van der Waals surface area contributed by atoms with E-state index in [1.165, 1.54) is 19.3 Å². The molecule has 1 heterocycles. The van der Waals surface area contributed by atoms with Gasteiger partial charge < -0.3 is 19.9 Å². The van der Waals surface area contributed by atoms with E-state index in [1.54, 1.807) is 0 Å². The van der Waals surface area contributed by atoms with Gasteiger partial charge in [0, 0.05) is 12.6 Å². The molecular weight excluding hydrogens is 230 g/mol. The minimum Gasteiger partial charge on any atom is -0.330 e. The number of hydrogen-bond donors (Lipinski definition) is 1. The van der Waals surface area contributed by atoms with Gasteiger partial charge in [-0.05, 0) is 56.3 Å². The summed E-state index contributed by atoms with van der Waals surface area (Å²) in [6.07, 6.45) is 6.65. The number of rotatable bonds is 2. The van der Waals surface area contributed by atoms with Crippen LogP contribution in [0.25, 0.3) is 0 Å². The van der Waals surface area contributed by atoms with Crippen molar-refractivity contribution in [3.8, 4) is 0 Å². The van der Waals surface area contributed by atoms with Crippen LogP contribution >= 0.6 is 0 Å². The second kappa shape index (κ2) is 3.92. The molecule has 0 aromatic carbocycles. The van der Waals surface area contributed by atoms with Gasteiger partial charge in [0.1, 0.15) is 0 Å². The molecule has 3 aliphatic carbocycles. The maximum absolute atomic E-state index is 6.51. The summed E-state index contributed by atoms with van der Waals surface area (Å²) in [7, 11) is 0. The molecule has 0 unspecified atom stereocenters. The lowest BCUT2D eigenvalue weighted by atomic mass is 9.69. The molecule has 102 valence electrons. The van der Waals surface area contributed by atoms with Crippen molar-refractivity contribution in [2.75, 3.05) is 6.61 Å². The molecule has 1 aliphatic heterocycles. The van der Waals surface area contributed by atoms with E-state index in [4.69, 9.17) is 19.9 Å². The molecule has 0 amide bonds. The quantitative estimate of drug-likeness (QED) is 0.812. The number of nitrogens with two attached hydrogens (primary N) is 1. The normalized spacial score (nSPS) is 49.3. The highest BCUT2D eigenvalue weighted by Gasteiger charge is 2.63. The molecule has 4 aliphatic rings. The Morgan fingerprint density at radius 3 is 2.50 bits per heavy atom. The Balaban J connectivity index is 1.50. The molecule has 5 atom stereocenters. The minimum atomic E-state index is -0.433. The predicted molar refractivity (Wildman–Crippen MR) is 65.6 cm³/mol. The third kappa shape index (κ3) is 1.40. The summed E-state index contributed by atoms with van der Waals surface area (Å²) in [4.78, 5) is 0. The zero-order chi connectivity index (χ0) is 12.3. The van der Waals surface area contributed by atoms with Gasteiger partial charge in [0.15, 0.2) is 0 Å². The monoisotopic (exact) mass is 253 g/mol. The Morgan fingerprint density at radius 2 is 1.94 bits per heavy atom. The van der Waals surface area contributed by atoms with Crippen molar-refractivity contribution in [1.82, 2.24) is 0 Å². The van der Waals surface area contributed by atoms with Crippen LogP contribution in [0.3, 0.4) is 0 Å². The predicted octanol–water partition coefficient (Wildman–Crippen LogP) is 1.63. The van der Waals surface area contributed by atoms with Crippen molar-refractivity contribution >= 4 is 0 Å². The molecule has 4 fully saturated rings. The molecule has 2 bridgehead atoms. The third-order valence-corrected chi connectivity index (χ3v) is 5.91. The molecule has 4 heteroatoms. The molecule has 3 saturated carbocycles. The number of ether oxygens (including phenoxy) is 3. The van der Waals surface area contributed by atoms with Crippen molar-refractivity contribution in [3.05, 3.63) is 0 Å². The van der Waals surface area contributed by atoms with E-state index < -0.39 is 6.48 Å². The second-order valence-corrected chi connectivity index (χ2v) is 6.53. The molecule has 0 aromatic rings. The van der Waals surface area contributed by atoms with Crippen molar-refractivity contribution in [1.29, 1.82) is 0 Å². The zero-order valence-corrected chi connectivity index (χ0v) is 11.0. The first-order valence-electron chi connectivity index (χ1n) is 7.41. The van der Waals surface area contributed by atoms with Crippen molar-refractivity contribution < 1.29 is 14.2 Å². The lowest BCUT2D eigenvalue weighted by molar-refractivity contribution is -0.247. The molecular formula is C14H23NO3. The van der Waals surface area contributed by atoms with Crippen LogP contribution in [0.15, 0.2) is 0 Å². The fraction of sp³-hybridized carbons (Fsp3) is 1.00. The minimum absolute atomic E-state index is 0.215. The topological polar surface area (TPSA) is 53.7 Å². The van der Waals surface area contributed by atoms with E-state index in [9.17, 15) is 0 Å². The van der Waals surface area contributed by atoms with Crippen LogP contribution in [0.1, 0.15) is 39.0 Å².